The number of fused-ring (bicyclic) bond motifs is 1. The molecule has 5 nitrogen and oxygen atoms in total. The number of nitrogens with zero attached hydrogens (tertiary/aromatic N) is 1. The van der Waals surface area contributed by atoms with E-state index in [4.69, 9.17) is 5.11 Å². The second-order valence-electron chi connectivity index (χ2n) is 5.01. The van der Waals surface area contributed by atoms with E-state index in [9.17, 15) is 9.59 Å². The molecule has 3 aromatic rings. The Morgan fingerprint density at radius 1 is 1.00 bits per heavy atom. The molecule has 1 amide bonds. The highest BCUT2D eigenvalue weighted by molar-refractivity contribution is 6.07. The molecule has 0 aliphatic rings. The molecule has 0 radical (unpaired) electrons. The molecular formula is C18H15ClN2O3. The molecule has 122 valence electrons. The van der Waals surface area contributed by atoms with Crippen LogP contribution >= 0.6 is 12.4 Å². The summed E-state index contributed by atoms with van der Waals surface area (Å²) in [6.45, 7) is -0.420. The molecule has 0 saturated heterocycles. The van der Waals surface area contributed by atoms with Crippen LogP contribution in [0.1, 0.15) is 10.4 Å². The minimum absolute atomic E-state index is 0. The highest BCUT2D eigenvalue weighted by Gasteiger charge is 2.14. The van der Waals surface area contributed by atoms with E-state index in [2.05, 4.69) is 10.3 Å². The third kappa shape index (κ3) is 3.70. The van der Waals surface area contributed by atoms with E-state index in [-0.39, 0.29) is 12.4 Å². The number of pyridine rings is 1. The highest BCUT2D eigenvalue weighted by Crippen LogP contribution is 2.24. The standard InChI is InChI=1S/C18H14N2O3.ClH/c21-17(22)11-19-18(23)14-10-16(12-6-2-1-3-7-12)20-15-9-5-4-8-13(14)15;/h1-10H,11H2,(H,19,23)(H,21,22);1H. The number of hydrogen-bond donors (Lipinski definition) is 2. The number of nitrogens with one attached hydrogen (secondary N) is 1. The summed E-state index contributed by atoms with van der Waals surface area (Å²) in [4.78, 5) is 27.6. The first kappa shape index (κ1) is 17.4. The van der Waals surface area contributed by atoms with Crippen LogP contribution in [0.2, 0.25) is 0 Å². The zero-order valence-electron chi connectivity index (χ0n) is 12.6. The molecule has 2 aromatic carbocycles. The Morgan fingerprint density at radius 2 is 1.67 bits per heavy atom. The maximum atomic E-state index is 12.3. The zero-order chi connectivity index (χ0) is 16.2. The Kier molecular flexibility index (Phi) is 5.50. The number of aromatic nitrogens is 1. The summed E-state index contributed by atoms with van der Waals surface area (Å²) < 4.78 is 0. The lowest BCUT2D eigenvalue weighted by Gasteiger charge is -2.09. The minimum atomic E-state index is -1.08. The van der Waals surface area contributed by atoms with Gasteiger partial charge in [0.05, 0.1) is 16.8 Å². The average Bonchev–Trinajstić information content (AvgIpc) is 2.59. The molecule has 24 heavy (non-hydrogen) atoms. The molecule has 0 spiro atoms. The van der Waals surface area contributed by atoms with E-state index >= 15 is 0 Å². The third-order valence-electron chi connectivity index (χ3n) is 3.43. The Bertz CT molecular complexity index is 882. The first-order valence-corrected chi connectivity index (χ1v) is 7.10. The molecular weight excluding hydrogens is 328 g/mol. The predicted octanol–water partition coefficient (Wildman–Crippen LogP) is 3.14. The number of carboxylic acid groups (broad SMARTS) is 1. The van der Waals surface area contributed by atoms with Gasteiger partial charge in [0.2, 0.25) is 0 Å². The quantitative estimate of drug-likeness (QED) is 0.763. The number of halogens is 1. The van der Waals surface area contributed by atoms with Crippen LogP contribution in [-0.2, 0) is 4.79 Å². The van der Waals surface area contributed by atoms with Crippen molar-refractivity contribution in [3.63, 3.8) is 0 Å². The van der Waals surface area contributed by atoms with E-state index in [0.717, 1.165) is 5.56 Å². The van der Waals surface area contributed by atoms with Gasteiger partial charge in [-0.1, -0.05) is 48.5 Å². The van der Waals surface area contributed by atoms with Crippen molar-refractivity contribution in [2.24, 2.45) is 0 Å². The Labute approximate surface area is 144 Å². The van der Waals surface area contributed by atoms with Crippen LogP contribution in [0.25, 0.3) is 22.2 Å². The van der Waals surface area contributed by atoms with Crippen molar-refractivity contribution >= 4 is 35.2 Å². The first-order valence-electron chi connectivity index (χ1n) is 7.10. The largest absolute Gasteiger partial charge is 0.480 e. The first-order chi connectivity index (χ1) is 11.1. The summed E-state index contributed by atoms with van der Waals surface area (Å²) in [6, 6.07) is 18.5. The van der Waals surface area contributed by atoms with Crippen LogP contribution in [0, 0.1) is 0 Å². The lowest BCUT2D eigenvalue weighted by atomic mass is 10.0. The maximum Gasteiger partial charge on any atom is 0.322 e. The predicted molar refractivity (Wildman–Crippen MR) is 94.4 cm³/mol. The normalized spacial score (nSPS) is 10.0. The van der Waals surface area contributed by atoms with Gasteiger partial charge >= 0.3 is 5.97 Å². The summed E-state index contributed by atoms with van der Waals surface area (Å²) in [6.07, 6.45) is 0. The lowest BCUT2D eigenvalue weighted by molar-refractivity contribution is -0.135. The molecule has 0 fully saturated rings. The molecule has 0 unspecified atom stereocenters. The molecule has 0 aliphatic heterocycles. The van der Waals surface area contributed by atoms with Crippen LogP contribution < -0.4 is 5.32 Å². The van der Waals surface area contributed by atoms with Crippen molar-refractivity contribution in [1.82, 2.24) is 10.3 Å². The monoisotopic (exact) mass is 342 g/mol. The topological polar surface area (TPSA) is 79.3 Å². The minimum Gasteiger partial charge on any atom is -0.480 e. The molecule has 0 saturated carbocycles. The van der Waals surface area contributed by atoms with E-state index < -0.39 is 18.4 Å². The van der Waals surface area contributed by atoms with E-state index in [1.54, 1.807) is 12.1 Å². The van der Waals surface area contributed by atoms with Crippen LogP contribution in [0.15, 0.2) is 60.7 Å². The molecule has 2 N–H and O–H groups in total. The number of carbonyl (C=O) groups is 2. The number of amides is 1. The van der Waals surface area contributed by atoms with E-state index in [0.29, 0.717) is 22.2 Å². The third-order valence-corrected chi connectivity index (χ3v) is 3.43. The van der Waals surface area contributed by atoms with Gasteiger partial charge in [0.25, 0.3) is 5.91 Å². The van der Waals surface area contributed by atoms with Gasteiger partial charge < -0.3 is 10.4 Å². The molecule has 0 aliphatic carbocycles. The van der Waals surface area contributed by atoms with Crippen LogP contribution in [-0.4, -0.2) is 28.5 Å². The zero-order valence-corrected chi connectivity index (χ0v) is 13.4. The van der Waals surface area contributed by atoms with Gasteiger partial charge in [-0.3, -0.25) is 9.59 Å². The fourth-order valence-electron chi connectivity index (χ4n) is 2.37. The maximum absolute atomic E-state index is 12.3. The fraction of sp³-hybridized carbons (Fsp3) is 0.0556. The van der Waals surface area contributed by atoms with Gasteiger partial charge in [-0.15, -0.1) is 12.4 Å². The van der Waals surface area contributed by atoms with Crippen molar-refractivity contribution in [2.45, 2.75) is 0 Å². The van der Waals surface area contributed by atoms with E-state index in [1.165, 1.54) is 0 Å². The average molecular weight is 343 g/mol. The summed E-state index contributed by atoms with van der Waals surface area (Å²) in [7, 11) is 0. The summed E-state index contributed by atoms with van der Waals surface area (Å²) in [5, 5.41) is 11.8. The summed E-state index contributed by atoms with van der Waals surface area (Å²) >= 11 is 0. The second kappa shape index (κ2) is 7.57. The van der Waals surface area contributed by atoms with Gasteiger partial charge in [-0.05, 0) is 12.1 Å². The Hall–Kier alpha value is -2.92. The summed E-state index contributed by atoms with van der Waals surface area (Å²) in [5.74, 6) is -1.51. The van der Waals surface area contributed by atoms with Gasteiger partial charge in [0.1, 0.15) is 6.54 Å². The van der Waals surface area contributed by atoms with Gasteiger partial charge in [-0.25, -0.2) is 4.98 Å². The molecule has 0 atom stereocenters. The SMILES string of the molecule is Cl.O=C(O)CNC(=O)c1cc(-c2ccccc2)nc2ccccc12. The van der Waals surface area contributed by atoms with Gasteiger partial charge in [0.15, 0.2) is 0 Å². The van der Waals surface area contributed by atoms with Crippen molar-refractivity contribution in [3.8, 4) is 11.3 Å². The number of aliphatic carboxylic acids is 1. The fourth-order valence-corrected chi connectivity index (χ4v) is 2.37. The lowest BCUT2D eigenvalue weighted by Crippen LogP contribution is -2.29. The van der Waals surface area contributed by atoms with Crippen molar-refractivity contribution < 1.29 is 14.7 Å². The number of rotatable bonds is 4. The molecule has 3 rings (SSSR count). The Balaban J connectivity index is 0.00000208. The molecule has 1 heterocycles. The highest BCUT2D eigenvalue weighted by atomic mass is 35.5. The smallest absolute Gasteiger partial charge is 0.322 e. The number of benzene rings is 2. The molecule has 1 aromatic heterocycles. The number of para-hydroxylation sites is 1. The molecule has 0 bridgehead atoms. The van der Waals surface area contributed by atoms with Crippen LogP contribution in [0.3, 0.4) is 0 Å². The summed E-state index contributed by atoms with van der Waals surface area (Å²) in [5.41, 5.74) is 2.67. The number of carboxylic acids is 1. The van der Waals surface area contributed by atoms with Crippen molar-refractivity contribution in [2.75, 3.05) is 6.54 Å². The van der Waals surface area contributed by atoms with Gasteiger partial charge in [0, 0.05) is 10.9 Å². The van der Waals surface area contributed by atoms with Crippen LogP contribution in [0.4, 0.5) is 0 Å². The van der Waals surface area contributed by atoms with E-state index in [1.807, 2.05) is 48.5 Å². The van der Waals surface area contributed by atoms with Gasteiger partial charge in [-0.2, -0.15) is 0 Å². The number of carbonyl (C=O) groups excluding carboxylic acids is 1. The molecule has 6 heteroatoms. The Morgan fingerprint density at radius 3 is 2.38 bits per heavy atom. The van der Waals surface area contributed by atoms with Crippen molar-refractivity contribution in [3.05, 3.63) is 66.2 Å². The second-order valence-corrected chi connectivity index (χ2v) is 5.01. The number of hydrogen-bond acceptors (Lipinski definition) is 3. The van der Waals surface area contributed by atoms with Crippen LogP contribution in [0.5, 0.6) is 0 Å². The van der Waals surface area contributed by atoms with Crippen molar-refractivity contribution in [1.29, 1.82) is 0 Å².